The van der Waals surface area contributed by atoms with Crippen molar-refractivity contribution in [3.63, 3.8) is 0 Å². The maximum atomic E-state index is 13.3. The summed E-state index contributed by atoms with van der Waals surface area (Å²) < 4.78 is 14.1. The Morgan fingerprint density at radius 1 is 1.35 bits per heavy atom. The van der Waals surface area contributed by atoms with E-state index in [-0.39, 0.29) is 5.82 Å². The fourth-order valence-electron chi connectivity index (χ4n) is 2.84. The Labute approximate surface area is 111 Å². The molecule has 94 valence electrons. The minimum absolute atomic E-state index is 0.146. The Bertz CT molecular complexity index is 360. The van der Waals surface area contributed by atoms with Gasteiger partial charge >= 0.3 is 0 Å². The molecule has 1 N–H and O–H groups in total. The molecule has 1 aliphatic carbocycles. The minimum atomic E-state index is -0.146. The molecular weight excluding hydrogens is 281 g/mol. The zero-order chi connectivity index (χ0) is 12.3. The molecule has 0 amide bonds. The van der Waals surface area contributed by atoms with Gasteiger partial charge < -0.3 is 5.32 Å². The van der Waals surface area contributed by atoms with Gasteiger partial charge in [0.25, 0.3) is 0 Å². The van der Waals surface area contributed by atoms with Crippen molar-refractivity contribution < 1.29 is 4.39 Å². The van der Waals surface area contributed by atoms with Crippen molar-refractivity contribution in [3.05, 3.63) is 34.1 Å². The molecule has 0 radical (unpaired) electrons. The summed E-state index contributed by atoms with van der Waals surface area (Å²) in [6.07, 6.45) is 4.79. The molecule has 1 nitrogen and oxygen atoms in total. The zero-order valence-corrected chi connectivity index (χ0v) is 11.8. The molecule has 1 aromatic rings. The first-order valence-corrected chi connectivity index (χ1v) is 7.16. The molecule has 3 heteroatoms. The van der Waals surface area contributed by atoms with Crippen molar-refractivity contribution in [1.82, 2.24) is 5.32 Å². The van der Waals surface area contributed by atoms with E-state index >= 15 is 0 Å². The number of hydrogen-bond donors (Lipinski definition) is 1. The lowest BCUT2D eigenvalue weighted by Gasteiger charge is -2.20. The van der Waals surface area contributed by atoms with Crippen LogP contribution in [-0.2, 0) is 6.42 Å². The van der Waals surface area contributed by atoms with Gasteiger partial charge in [0, 0.05) is 10.5 Å². The molecular formula is C14H19BrFN. The van der Waals surface area contributed by atoms with Crippen LogP contribution >= 0.6 is 15.9 Å². The van der Waals surface area contributed by atoms with Crippen LogP contribution in [0.2, 0.25) is 0 Å². The summed E-state index contributed by atoms with van der Waals surface area (Å²) in [7, 11) is 0. The Morgan fingerprint density at radius 3 is 2.88 bits per heavy atom. The molecule has 2 rings (SSSR count). The van der Waals surface area contributed by atoms with E-state index in [1.54, 1.807) is 6.07 Å². The average Bonchev–Trinajstić information content (AvgIpc) is 2.65. The summed E-state index contributed by atoms with van der Waals surface area (Å²) in [5.74, 6) is 0.510. The van der Waals surface area contributed by atoms with Crippen LogP contribution in [0.25, 0.3) is 0 Å². The van der Waals surface area contributed by atoms with Gasteiger partial charge in [0.1, 0.15) is 5.82 Å². The van der Waals surface area contributed by atoms with Crippen molar-refractivity contribution in [2.24, 2.45) is 5.92 Å². The zero-order valence-electron chi connectivity index (χ0n) is 10.2. The van der Waals surface area contributed by atoms with Crippen molar-refractivity contribution >= 4 is 15.9 Å². The Hall–Kier alpha value is -0.410. The monoisotopic (exact) mass is 299 g/mol. The van der Waals surface area contributed by atoms with Crippen LogP contribution in [0, 0.1) is 11.7 Å². The topological polar surface area (TPSA) is 12.0 Å². The van der Waals surface area contributed by atoms with Crippen LogP contribution in [0.3, 0.4) is 0 Å². The standard InChI is InChI=1S/C14H19BrFN/c1-2-17-14-5-3-4-11(14)6-10-7-12(15)9-13(16)8-10/h7-9,11,14,17H,2-6H2,1H3. The predicted molar refractivity (Wildman–Crippen MR) is 72.6 cm³/mol. The van der Waals surface area contributed by atoms with Crippen molar-refractivity contribution in [1.29, 1.82) is 0 Å². The minimum Gasteiger partial charge on any atom is -0.314 e. The first kappa shape index (κ1) is 13.0. The molecule has 2 unspecified atom stereocenters. The van der Waals surface area contributed by atoms with Gasteiger partial charge in [-0.2, -0.15) is 0 Å². The highest BCUT2D eigenvalue weighted by molar-refractivity contribution is 9.10. The highest BCUT2D eigenvalue weighted by Crippen LogP contribution is 2.29. The van der Waals surface area contributed by atoms with Crippen molar-refractivity contribution in [3.8, 4) is 0 Å². The number of nitrogens with one attached hydrogen (secondary N) is 1. The van der Waals surface area contributed by atoms with E-state index in [2.05, 4.69) is 28.2 Å². The van der Waals surface area contributed by atoms with E-state index < -0.39 is 0 Å². The maximum Gasteiger partial charge on any atom is 0.124 e. The lowest BCUT2D eigenvalue weighted by molar-refractivity contribution is 0.405. The smallest absolute Gasteiger partial charge is 0.124 e. The van der Waals surface area contributed by atoms with Crippen LogP contribution in [0.15, 0.2) is 22.7 Å². The summed E-state index contributed by atoms with van der Waals surface area (Å²) in [4.78, 5) is 0. The average molecular weight is 300 g/mol. The van der Waals surface area contributed by atoms with Crippen molar-refractivity contribution in [2.45, 2.75) is 38.6 Å². The SMILES string of the molecule is CCNC1CCCC1Cc1cc(F)cc(Br)c1. The molecule has 1 aliphatic rings. The highest BCUT2D eigenvalue weighted by atomic mass is 79.9. The quantitative estimate of drug-likeness (QED) is 0.889. The summed E-state index contributed by atoms with van der Waals surface area (Å²) >= 11 is 3.35. The van der Waals surface area contributed by atoms with Crippen molar-refractivity contribution in [2.75, 3.05) is 6.54 Å². The molecule has 1 saturated carbocycles. The van der Waals surface area contributed by atoms with Gasteiger partial charge in [-0.25, -0.2) is 4.39 Å². The molecule has 2 atom stereocenters. The van der Waals surface area contributed by atoms with E-state index in [0.29, 0.717) is 12.0 Å². The first-order chi connectivity index (χ1) is 8.19. The lowest BCUT2D eigenvalue weighted by Crippen LogP contribution is -2.33. The summed E-state index contributed by atoms with van der Waals surface area (Å²) in [6, 6.07) is 5.82. The van der Waals surface area contributed by atoms with Gasteiger partial charge in [0.2, 0.25) is 0 Å². The predicted octanol–water partition coefficient (Wildman–Crippen LogP) is 3.91. The second-order valence-electron chi connectivity index (χ2n) is 4.84. The Balaban J connectivity index is 2.04. The summed E-state index contributed by atoms with van der Waals surface area (Å²) in [5, 5.41) is 3.54. The number of rotatable bonds is 4. The molecule has 0 saturated heterocycles. The molecule has 0 aliphatic heterocycles. The Kier molecular flexibility index (Phi) is 4.57. The third-order valence-electron chi connectivity index (χ3n) is 3.55. The molecule has 0 spiro atoms. The van der Waals surface area contributed by atoms with E-state index in [1.165, 1.54) is 25.3 Å². The van der Waals surface area contributed by atoms with Crippen LogP contribution in [0.5, 0.6) is 0 Å². The van der Waals surface area contributed by atoms with Gasteiger partial charge in [-0.1, -0.05) is 29.3 Å². The van der Waals surface area contributed by atoms with E-state index in [0.717, 1.165) is 23.0 Å². The molecule has 1 fully saturated rings. The molecule has 17 heavy (non-hydrogen) atoms. The number of hydrogen-bond acceptors (Lipinski definition) is 1. The van der Waals surface area contributed by atoms with Gasteiger partial charge in [-0.3, -0.25) is 0 Å². The normalized spacial score (nSPS) is 24.2. The van der Waals surface area contributed by atoms with E-state index in [1.807, 2.05) is 6.07 Å². The second-order valence-corrected chi connectivity index (χ2v) is 5.75. The molecule has 0 bridgehead atoms. The molecule has 0 heterocycles. The van der Waals surface area contributed by atoms with Gasteiger partial charge in [0.15, 0.2) is 0 Å². The van der Waals surface area contributed by atoms with Crippen LogP contribution in [0.4, 0.5) is 4.39 Å². The van der Waals surface area contributed by atoms with E-state index in [4.69, 9.17) is 0 Å². The highest BCUT2D eigenvalue weighted by Gasteiger charge is 2.26. The molecule has 0 aromatic heterocycles. The van der Waals surface area contributed by atoms with Crippen LogP contribution in [0.1, 0.15) is 31.7 Å². The van der Waals surface area contributed by atoms with E-state index in [9.17, 15) is 4.39 Å². The number of halogens is 2. The number of benzene rings is 1. The van der Waals surface area contributed by atoms with Crippen LogP contribution < -0.4 is 5.32 Å². The second kappa shape index (κ2) is 5.96. The lowest BCUT2D eigenvalue weighted by atomic mass is 9.94. The maximum absolute atomic E-state index is 13.3. The fourth-order valence-corrected chi connectivity index (χ4v) is 3.36. The van der Waals surface area contributed by atoms with Crippen LogP contribution in [-0.4, -0.2) is 12.6 Å². The third kappa shape index (κ3) is 3.52. The van der Waals surface area contributed by atoms with Gasteiger partial charge in [0.05, 0.1) is 0 Å². The summed E-state index contributed by atoms with van der Waals surface area (Å²) in [5.41, 5.74) is 1.10. The third-order valence-corrected chi connectivity index (χ3v) is 4.00. The fraction of sp³-hybridized carbons (Fsp3) is 0.571. The molecule has 1 aromatic carbocycles. The van der Waals surface area contributed by atoms with Gasteiger partial charge in [-0.15, -0.1) is 0 Å². The summed E-state index contributed by atoms with van der Waals surface area (Å²) in [6.45, 7) is 3.17. The van der Waals surface area contributed by atoms with Gasteiger partial charge in [-0.05, 0) is 55.5 Å². The largest absolute Gasteiger partial charge is 0.314 e. The Morgan fingerprint density at radius 2 is 2.18 bits per heavy atom. The first-order valence-electron chi connectivity index (χ1n) is 6.37.